The van der Waals surface area contributed by atoms with Crippen molar-refractivity contribution in [2.75, 3.05) is 18.2 Å². The molecule has 31 heavy (non-hydrogen) atoms. The van der Waals surface area contributed by atoms with E-state index in [1.165, 1.54) is 18.9 Å². The number of anilines is 1. The van der Waals surface area contributed by atoms with Crippen LogP contribution in [0.15, 0.2) is 60.0 Å². The van der Waals surface area contributed by atoms with E-state index < -0.39 is 5.97 Å². The first-order chi connectivity index (χ1) is 15.1. The second-order valence-corrected chi connectivity index (χ2v) is 7.64. The van der Waals surface area contributed by atoms with Gasteiger partial charge in [-0.1, -0.05) is 36.0 Å². The maximum atomic E-state index is 12.4. The van der Waals surface area contributed by atoms with Crippen LogP contribution in [0.1, 0.15) is 16.2 Å². The lowest BCUT2D eigenvalue weighted by atomic mass is 10.2. The summed E-state index contributed by atoms with van der Waals surface area (Å²) in [5.41, 5.74) is 2.65. The van der Waals surface area contributed by atoms with Gasteiger partial charge in [0.1, 0.15) is 0 Å². The fourth-order valence-electron chi connectivity index (χ4n) is 3.09. The maximum Gasteiger partial charge on any atom is 0.339 e. The molecule has 2 aromatic heterocycles. The Balaban J connectivity index is 1.40. The Morgan fingerprint density at radius 2 is 1.87 bits per heavy atom. The zero-order valence-electron chi connectivity index (χ0n) is 17.0. The summed E-state index contributed by atoms with van der Waals surface area (Å²) in [6.07, 6.45) is 1.78. The van der Waals surface area contributed by atoms with Crippen molar-refractivity contribution < 1.29 is 14.3 Å². The minimum absolute atomic E-state index is 0.121. The van der Waals surface area contributed by atoms with Gasteiger partial charge in [0.25, 0.3) is 0 Å². The fourth-order valence-corrected chi connectivity index (χ4v) is 3.82. The maximum absolute atomic E-state index is 12.4. The highest BCUT2D eigenvalue weighted by Crippen LogP contribution is 2.20. The molecule has 10 heteroatoms. The second kappa shape index (κ2) is 9.00. The first kappa shape index (κ1) is 20.6. The van der Waals surface area contributed by atoms with Gasteiger partial charge in [0.2, 0.25) is 5.91 Å². The zero-order valence-corrected chi connectivity index (χ0v) is 17.8. The molecule has 0 aliphatic carbocycles. The van der Waals surface area contributed by atoms with E-state index in [9.17, 15) is 9.59 Å². The summed E-state index contributed by atoms with van der Waals surface area (Å²) in [5, 5.41) is 11.8. The number of carbonyl (C=O) groups is 2. The van der Waals surface area contributed by atoms with Crippen molar-refractivity contribution in [3.05, 3.63) is 66.2 Å². The minimum atomic E-state index is -0.506. The van der Waals surface area contributed by atoms with Gasteiger partial charge in [0, 0.05) is 7.05 Å². The molecule has 9 nitrogen and oxygen atoms in total. The van der Waals surface area contributed by atoms with Crippen LogP contribution in [-0.4, -0.2) is 49.1 Å². The third kappa shape index (κ3) is 4.43. The van der Waals surface area contributed by atoms with Crippen molar-refractivity contribution in [3.8, 4) is 0 Å². The Morgan fingerprint density at radius 1 is 1.10 bits per heavy atom. The van der Waals surface area contributed by atoms with Crippen LogP contribution < -0.4 is 5.32 Å². The van der Waals surface area contributed by atoms with Crippen LogP contribution in [-0.2, 0) is 23.1 Å². The second-order valence-electron chi connectivity index (χ2n) is 6.69. The molecule has 0 aliphatic heterocycles. The topological polar surface area (TPSA) is 104 Å². The van der Waals surface area contributed by atoms with Crippen molar-refractivity contribution in [2.24, 2.45) is 7.05 Å². The predicted octanol–water partition coefficient (Wildman–Crippen LogP) is 2.73. The lowest BCUT2D eigenvalue weighted by molar-refractivity contribution is -0.113. The van der Waals surface area contributed by atoms with E-state index in [4.69, 9.17) is 4.74 Å². The van der Waals surface area contributed by atoms with Gasteiger partial charge in [-0.15, -0.1) is 10.2 Å². The van der Waals surface area contributed by atoms with E-state index in [1.54, 1.807) is 30.6 Å². The highest BCUT2D eigenvalue weighted by Gasteiger charge is 2.16. The number of imidazole rings is 1. The van der Waals surface area contributed by atoms with Crippen LogP contribution >= 0.6 is 11.8 Å². The number of thioether (sulfide) groups is 1. The molecule has 0 aliphatic rings. The molecule has 0 atom stereocenters. The van der Waals surface area contributed by atoms with E-state index in [-0.39, 0.29) is 11.7 Å². The smallest absolute Gasteiger partial charge is 0.339 e. The van der Waals surface area contributed by atoms with E-state index >= 15 is 0 Å². The van der Waals surface area contributed by atoms with Crippen LogP contribution in [0.25, 0.3) is 11.0 Å². The number of aromatic nitrogens is 5. The molecule has 4 aromatic rings. The van der Waals surface area contributed by atoms with Gasteiger partial charge < -0.3 is 19.2 Å². The number of methoxy groups -OCH3 is 1. The van der Waals surface area contributed by atoms with E-state index in [0.717, 1.165) is 16.9 Å². The van der Waals surface area contributed by atoms with Crippen molar-refractivity contribution >= 4 is 40.4 Å². The first-order valence-electron chi connectivity index (χ1n) is 9.45. The Hall–Kier alpha value is -3.66. The van der Waals surface area contributed by atoms with Crippen molar-refractivity contribution in [3.63, 3.8) is 0 Å². The molecule has 2 heterocycles. The van der Waals surface area contributed by atoms with E-state index in [2.05, 4.69) is 20.5 Å². The van der Waals surface area contributed by atoms with Gasteiger partial charge in [-0.2, -0.15) is 0 Å². The minimum Gasteiger partial charge on any atom is -0.465 e. The van der Waals surface area contributed by atoms with Gasteiger partial charge in [0.05, 0.1) is 48.0 Å². The van der Waals surface area contributed by atoms with Gasteiger partial charge >= 0.3 is 5.97 Å². The number of carbonyl (C=O) groups excluding carboxylic acids is 2. The summed E-state index contributed by atoms with van der Waals surface area (Å²) in [7, 11) is 3.16. The molecule has 4 rings (SSSR count). The lowest BCUT2D eigenvalue weighted by Gasteiger charge is -2.09. The Kier molecular flexibility index (Phi) is 5.99. The number of amides is 1. The lowest BCUT2D eigenvalue weighted by Crippen LogP contribution is -2.17. The largest absolute Gasteiger partial charge is 0.465 e. The number of nitrogens with zero attached hydrogens (tertiary/aromatic N) is 5. The summed E-state index contributed by atoms with van der Waals surface area (Å²) in [6, 6.07) is 14.6. The molecule has 2 aromatic carbocycles. The van der Waals surface area contributed by atoms with Crippen LogP contribution in [0.4, 0.5) is 5.69 Å². The molecule has 1 amide bonds. The zero-order chi connectivity index (χ0) is 21.8. The summed E-state index contributed by atoms with van der Waals surface area (Å²) >= 11 is 1.27. The van der Waals surface area contributed by atoms with Crippen LogP contribution in [0.5, 0.6) is 0 Å². The number of para-hydroxylation sites is 3. The summed E-state index contributed by atoms with van der Waals surface area (Å²) in [4.78, 5) is 28.7. The third-order valence-corrected chi connectivity index (χ3v) is 5.72. The molecular weight excluding hydrogens is 416 g/mol. The average Bonchev–Trinajstić information content (AvgIpc) is 3.36. The molecule has 0 spiro atoms. The number of hydrogen-bond acceptors (Lipinski definition) is 7. The highest BCUT2D eigenvalue weighted by molar-refractivity contribution is 7.99. The van der Waals surface area contributed by atoms with Crippen molar-refractivity contribution in [1.82, 2.24) is 24.3 Å². The number of benzene rings is 2. The molecule has 0 fully saturated rings. The molecule has 0 saturated carbocycles. The molecule has 1 N–H and O–H groups in total. The standard InChI is InChI=1S/C21H20N6O3S/c1-26-18(11-27-13-22-16-9-5-6-10-17(16)27)24-25-21(26)31-12-19(28)23-15-8-4-3-7-14(15)20(29)30-2/h3-10,13H,11-12H2,1-2H3,(H,23,28). The summed E-state index contributed by atoms with van der Waals surface area (Å²) in [6.45, 7) is 0.517. The fraction of sp³-hybridized carbons (Fsp3) is 0.190. The number of ether oxygens (including phenoxy) is 1. The van der Waals surface area contributed by atoms with Crippen molar-refractivity contribution in [1.29, 1.82) is 0 Å². The number of nitrogens with one attached hydrogen (secondary N) is 1. The Morgan fingerprint density at radius 3 is 2.71 bits per heavy atom. The molecule has 0 saturated heterocycles. The quantitative estimate of drug-likeness (QED) is 0.351. The van der Waals surface area contributed by atoms with Gasteiger partial charge in [-0.25, -0.2) is 9.78 Å². The summed E-state index contributed by atoms with van der Waals surface area (Å²) < 4.78 is 8.61. The van der Waals surface area contributed by atoms with Crippen LogP contribution in [0, 0.1) is 0 Å². The van der Waals surface area contributed by atoms with Gasteiger partial charge in [0.15, 0.2) is 11.0 Å². The van der Waals surface area contributed by atoms with Crippen molar-refractivity contribution in [2.45, 2.75) is 11.7 Å². The number of rotatable bonds is 7. The third-order valence-electron chi connectivity index (χ3n) is 4.70. The normalized spacial score (nSPS) is 10.9. The molecular formula is C21H20N6O3S. The number of hydrogen-bond donors (Lipinski definition) is 1. The Bertz CT molecular complexity index is 1250. The molecule has 0 unspecified atom stereocenters. The van der Waals surface area contributed by atoms with Gasteiger partial charge in [-0.3, -0.25) is 4.79 Å². The average molecular weight is 436 g/mol. The SMILES string of the molecule is COC(=O)c1ccccc1NC(=O)CSc1nnc(Cn2cnc3ccccc32)n1C. The highest BCUT2D eigenvalue weighted by atomic mass is 32.2. The Labute approximate surface area is 182 Å². The van der Waals surface area contributed by atoms with Crippen LogP contribution in [0.3, 0.4) is 0 Å². The summed E-state index contributed by atoms with van der Waals surface area (Å²) in [5.74, 6) is 0.109. The molecule has 0 radical (unpaired) electrons. The molecule has 158 valence electrons. The number of esters is 1. The number of fused-ring (bicyclic) bond motifs is 1. The predicted molar refractivity (Wildman–Crippen MR) is 117 cm³/mol. The van der Waals surface area contributed by atoms with E-state index in [1.807, 2.05) is 40.4 Å². The monoisotopic (exact) mass is 436 g/mol. The first-order valence-corrected chi connectivity index (χ1v) is 10.4. The molecule has 0 bridgehead atoms. The van der Waals surface area contributed by atoms with Gasteiger partial charge in [-0.05, 0) is 24.3 Å². The van der Waals surface area contributed by atoms with E-state index in [0.29, 0.717) is 23.0 Å². The van der Waals surface area contributed by atoms with Crippen LogP contribution in [0.2, 0.25) is 0 Å².